The molecule has 0 aliphatic rings. The lowest BCUT2D eigenvalue weighted by Crippen LogP contribution is -2.33. The summed E-state index contributed by atoms with van der Waals surface area (Å²) in [7, 11) is 1.63. The van der Waals surface area contributed by atoms with E-state index in [0.717, 1.165) is 22.2 Å². The Labute approximate surface area is 241 Å². The van der Waals surface area contributed by atoms with Crippen molar-refractivity contribution in [3.8, 4) is 5.75 Å². The number of carboxylic acid groups (broad SMARTS) is 1. The van der Waals surface area contributed by atoms with E-state index in [9.17, 15) is 14.0 Å². The highest BCUT2D eigenvalue weighted by Gasteiger charge is 2.19. The molecule has 2 heterocycles. The van der Waals surface area contributed by atoms with Crippen molar-refractivity contribution in [3.05, 3.63) is 59.7 Å². The Morgan fingerprint density at radius 2 is 1.98 bits per heavy atom. The molecule has 4 rings (SSSR count). The third-order valence-electron chi connectivity index (χ3n) is 6.22. The van der Waals surface area contributed by atoms with Crippen molar-refractivity contribution >= 4 is 63.6 Å². The number of carboxylic acids is 1. The number of ether oxygens (including phenoxy) is 2. The number of amides is 1. The van der Waals surface area contributed by atoms with E-state index in [1.165, 1.54) is 18.2 Å². The second-order valence-corrected chi connectivity index (χ2v) is 9.15. The molecule has 0 bridgehead atoms. The topological polar surface area (TPSA) is 133 Å². The van der Waals surface area contributed by atoms with Crippen LogP contribution in [-0.4, -0.2) is 69.2 Å². The van der Waals surface area contributed by atoms with Gasteiger partial charge in [0, 0.05) is 38.6 Å². The molecule has 40 heavy (non-hydrogen) atoms. The number of anilines is 1. The average Bonchev–Trinajstić information content (AvgIpc) is 3.30. The highest BCUT2D eigenvalue weighted by molar-refractivity contribution is 6.27. The number of nitrogens with zero attached hydrogens (tertiary/aromatic N) is 4. The number of carbonyl (C=O) groups excluding carboxylic acids is 1. The molecule has 2 aromatic carbocycles. The Morgan fingerprint density at radius 1 is 1.20 bits per heavy atom. The lowest BCUT2D eigenvalue weighted by Gasteiger charge is -2.23. The fraction of sp³-hybridized carbons (Fsp3) is 0.333. The molecule has 0 radical (unpaired) electrons. The van der Waals surface area contributed by atoms with E-state index in [4.69, 9.17) is 36.9 Å². The molecular formula is C27H30Cl2FN5O5. The van der Waals surface area contributed by atoms with Crippen LogP contribution in [0.25, 0.3) is 21.9 Å². The van der Waals surface area contributed by atoms with Crippen LogP contribution in [0.15, 0.2) is 42.5 Å². The van der Waals surface area contributed by atoms with Crippen molar-refractivity contribution < 1.29 is 28.6 Å². The summed E-state index contributed by atoms with van der Waals surface area (Å²) in [4.78, 5) is 34.3. The summed E-state index contributed by atoms with van der Waals surface area (Å²) < 4.78 is 26.5. The number of para-hydroxylation sites is 1. The summed E-state index contributed by atoms with van der Waals surface area (Å²) in [6, 6.07) is 11.8. The number of imidazole rings is 1. The maximum absolute atomic E-state index is 14.1. The van der Waals surface area contributed by atoms with Gasteiger partial charge in [-0.2, -0.15) is 0 Å². The molecule has 2 aromatic heterocycles. The first-order valence-electron chi connectivity index (χ1n) is 12.3. The van der Waals surface area contributed by atoms with Gasteiger partial charge in [0.1, 0.15) is 17.2 Å². The van der Waals surface area contributed by atoms with Crippen LogP contribution in [0.2, 0.25) is 0 Å². The Morgan fingerprint density at radius 3 is 2.70 bits per heavy atom. The number of nitrogens with two attached hydrogens (primary N) is 1. The Kier molecular flexibility index (Phi) is 10.9. The predicted octanol–water partition coefficient (Wildman–Crippen LogP) is 4.04. The summed E-state index contributed by atoms with van der Waals surface area (Å²) in [6.45, 7) is 0.837. The third kappa shape index (κ3) is 7.09. The molecular weight excluding hydrogens is 564 g/mol. The van der Waals surface area contributed by atoms with Gasteiger partial charge in [0.2, 0.25) is 5.91 Å². The maximum atomic E-state index is 14.1. The van der Waals surface area contributed by atoms with Gasteiger partial charge >= 0.3 is 5.97 Å². The minimum absolute atomic E-state index is 0. The minimum atomic E-state index is -1.22. The first kappa shape index (κ1) is 30.9. The average molecular weight is 594 g/mol. The second-order valence-electron chi connectivity index (χ2n) is 8.88. The number of hydrogen-bond donors (Lipinski definition) is 2. The molecule has 0 atom stereocenters. The first-order valence-corrected chi connectivity index (χ1v) is 12.8. The van der Waals surface area contributed by atoms with E-state index >= 15 is 0 Å². The van der Waals surface area contributed by atoms with Crippen LogP contribution >= 0.6 is 24.0 Å². The summed E-state index contributed by atoms with van der Waals surface area (Å²) in [5.74, 6) is -1.47. The van der Waals surface area contributed by atoms with Gasteiger partial charge < -0.3 is 29.8 Å². The van der Waals surface area contributed by atoms with E-state index in [-0.39, 0.29) is 36.5 Å². The minimum Gasteiger partial charge on any atom is -0.479 e. The highest BCUT2D eigenvalue weighted by atomic mass is 35.5. The van der Waals surface area contributed by atoms with Crippen LogP contribution in [0.4, 0.5) is 10.2 Å². The number of pyridine rings is 1. The Balaban J connectivity index is 0.00000441. The fourth-order valence-corrected chi connectivity index (χ4v) is 4.61. The lowest BCUT2D eigenvalue weighted by molar-refractivity contribution is -0.139. The standard InChI is InChI=1S/C27H29ClFN5O5.ClH/c1-38-12-9-22-32-25-26(18-5-2-3-6-20(18)31-27(25)30)34(22)11-4-10-33(23(35)14-28)15-17-7-8-19(29)21(13-17)39-16-24(36)37;/h2-3,5-8,13H,4,9-12,14-16H2,1H3,(H2,30,31)(H,36,37);1H. The van der Waals surface area contributed by atoms with E-state index < -0.39 is 18.4 Å². The zero-order chi connectivity index (χ0) is 27.9. The number of benzene rings is 2. The van der Waals surface area contributed by atoms with E-state index in [1.807, 2.05) is 24.3 Å². The smallest absolute Gasteiger partial charge is 0.341 e. The van der Waals surface area contributed by atoms with Gasteiger partial charge in [-0.15, -0.1) is 24.0 Å². The fourth-order valence-electron chi connectivity index (χ4n) is 4.44. The molecule has 0 fully saturated rings. The first-order chi connectivity index (χ1) is 18.8. The van der Waals surface area contributed by atoms with Gasteiger partial charge in [0.05, 0.1) is 17.6 Å². The molecule has 13 heteroatoms. The summed E-state index contributed by atoms with van der Waals surface area (Å²) in [5.41, 5.74) is 9.09. The predicted molar refractivity (Wildman–Crippen MR) is 153 cm³/mol. The van der Waals surface area contributed by atoms with Crippen molar-refractivity contribution in [2.45, 2.75) is 25.9 Å². The number of halogens is 3. The zero-order valence-corrected chi connectivity index (χ0v) is 23.4. The molecule has 1 amide bonds. The molecule has 0 saturated heterocycles. The van der Waals surface area contributed by atoms with Gasteiger partial charge in [-0.1, -0.05) is 24.3 Å². The number of methoxy groups -OCH3 is 1. The molecule has 214 valence electrons. The Hall–Kier alpha value is -3.67. The summed E-state index contributed by atoms with van der Waals surface area (Å²) in [6.07, 6.45) is 1.13. The second kappa shape index (κ2) is 14.1. The van der Waals surface area contributed by atoms with Crippen molar-refractivity contribution in [1.29, 1.82) is 0 Å². The molecule has 4 aromatic rings. The van der Waals surface area contributed by atoms with Gasteiger partial charge in [-0.05, 0) is 30.2 Å². The monoisotopic (exact) mass is 593 g/mol. The number of hydrogen-bond acceptors (Lipinski definition) is 7. The number of aliphatic carboxylic acids is 1. The number of fused-ring (bicyclic) bond motifs is 3. The molecule has 3 N–H and O–H groups in total. The number of alkyl halides is 1. The molecule has 0 aliphatic carbocycles. The number of aromatic nitrogens is 3. The third-order valence-corrected chi connectivity index (χ3v) is 6.44. The quantitative estimate of drug-likeness (QED) is 0.222. The molecule has 10 nitrogen and oxygen atoms in total. The van der Waals surface area contributed by atoms with Crippen molar-refractivity contribution in [3.63, 3.8) is 0 Å². The number of aryl methyl sites for hydroxylation is 1. The van der Waals surface area contributed by atoms with Crippen LogP contribution in [-0.2, 0) is 33.8 Å². The number of rotatable bonds is 13. The van der Waals surface area contributed by atoms with Crippen LogP contribution in [0.1, 0.15) is 17.8 Å². The van der Waals surface area contributed by atoms with Crippen LogP contribution < -0.4 is 10.5 Å². The summed E-state index contributed by atoms with van der Waals surface area (Å²) >= 11 is 5.88. The van der Waals surface area contributed by atoms with Crippen molar-refractivity contribution in [2.75, 3.05) is 38.5 Å². The highest BCUT2D eigenvalue weighted by Crippen LogP contribution is 2.29. The van der Waals surface area contributed by atoms with E-state index in [0.29, 0.717) is 49.4 Å². The number of nitrogen functional groups attached to an aromatic ring is 1. The SMILES string of the molecule is COCCc1nc2c(N)nc3ccccc3c2n1CCCN(Cc1ccc(F)c(OCC(=O)O)c1)C(=O)CCl.Cl. The summed E-state index contributed by atoms with van der Waals surface area (Å²) in [5, 5.41) is 9.75. The zero-order valence-electron chi connectivity index (χ0n) is 21.8. The van der Waals surface area contributed by atoms with Gasteiger partial charge in [-0.3, -0.25) is 4.79 Å². The van der Waals surface area contributed by atoms with E-state index in [1.54, 1.807) is 12.0 Å². The number of carbonyl (C=O) groups is 2. The van der Waals surface area contributed by atoms with Gasteiger partial charge in [-0.25, -0.2) is 19.2 Å². The van der Waals surface area contributed by atoms with Gasteiger partial charge in [0.15, 0.2) is 24.0 Å². The molecule has 0 spiro atoms. The Bertz CT molecular complexity index is 1500. The van der Waals surface area contributed by atoms with Crippen LogP contribution in [0.5, 0.6) is 5.75 Å². The van der Waals surface area contributed by atoms with Crippen molar-refractivity contribution in [2.24, 2.45) is 0 Å². The maximum Gasteiger partial charge on any atom is 0.341 e. The lowest BCUT2D eigenvalue weighted by atomic mass is 10.1. The largest absolute Gasteiger partial charge is 0.479 e. The van der Waals surface area contributed by atoms with Crippen LogP contribution in [0, 0.1) is 5.82 Å². The van der Waals surface area contributed by atoms with E-state index in [2.05, 4.69) is 9.55 Å². The van der Waals surface area contributed by atoms with Gasteiger partial charge in [0.25, 0.3) is 0 Å². The molecule has 0 unspecified atom stereocenters. The van der Waals surface area contributed by atoms with Crippen LogP contribution in [0.3, 0.4) is 0 Å². The normalized spacial score (nSPS) is 11.0. The van der Waals surface area contributed by atoms with Crippen molar-refractivity contribution in [1.82, 2.24) is 19.4 Å². The molecule has 0 aliphatic heterocycles. The molecule has 0 saturated carbocycles.